The predicted octanol–water partition coefficient (Wildman–Crippen LogP) is 17.2. The fraction of sp³-hybridized carbons (Fsp3) is 0.0769. The molecule has 14 heteroatoms. The van der Waals surface area contributed by atoms with E-state index in [0.717, 1.165) is 98.0 Å². The Labute approximate surface area is 491 Å². The monoisotopic (exact) mass is 1150 g/mol. The van der Waals surface area contributed by atoms with Crippen molar-refractivity contribution < 1.29 is 87.2 Å². The molecule has 0 bridgehead atoms. The Balaban J connectivity index is 0.000000118. The van der Waals surface area contributed by atoms with Gasteiger partial charge in [0, 0.05) is 63.9 Å². The average Bonchev–Trinajstić information content (AvgIpc) is 4.00. The third-order valence-electron chi connectivity index (χ3n) is 14.4. The van der Waals surface area contributed by atoms with Gasteiger partial charge in [0.1, 0.15) is 0 Å². The molecule has 16 rings (SSSR count). The molecule has 79 heavy (non-hydrogen) atoms. The van der Waals surface area contributed by atoms with E-state index in [1.54, 1.807) is 0 Å². The molecule has 1 radical (unpaired) electrons. The molecule has 0 N–H and O–H groups in total. The molecule has 3 heterocycles. The smallest absolute Gasteiger partial charge is 0.221 e. The van der Waals surface area contributed by atoms with Crippen LogP contribution in [-0.4, -0.2) is 0 Å². The van der Waals surface area contributed by atoms with Gasteiger partial charge < -0.3 is 0 Å². The summed E-state index contributed by atoms with van der Waals surface area (Å²) in [5, 5.41) is 13.0. The van der Waals surface area contributed by atoms with Crippen LogP contribution in [0.25, 0.3) is 98.0 Å². The third kappa shape index (κ3) is 10.6. The minimum atomic E-state index is -2.25. The van der Waals surface area contributed by atoms with Gasteiger partial charge >= 0.3 is 54.3 Å². The van der Waals surface area contributed by atoms with E-state index in [1.807, 2.05) is 146 Å². The zero-order valence-electron chi connectivity index (χ0n) is 42.7. The summed E-state index contributed by atoms with van der Waals surface area (Å²) in [6.45, 7) is 0. The largest absolute Gasteiger partial charge is 1.00 e. The van der Waals surface area contributed by atoms with Crippen molar-refractivity contribution in [3.63, 3.8) is 0 Å². The first-order valence-electron chi connectivity index (χ1n) is 25.5. The standard InChI is InChI=1S/3C20H12O3P.C5H10.Co.Na/c3*21-24-22-17-11-9-13-5-1-3-7-15(13)19(17)20-16-8-4-2-6-14(16)10-12-18(20)23-24;1-2-4-5-3-1;;/h3*1-12H;1-5H2;;/q3*+1;;;+1. The summed E-state index contributed by atoms with van der Waals surface area (Å²) in [4.78, 5) is 0. The van der Waals surface area contributed by atoms with Gasteiger partial charge in [-0.15, -0.1) is 0 Å². The van der Waals surface area contributed by atoms with Gasteiger partial charge in [-0.1, -0.05) is 214 Å². The van der Waals surface area contributed by atoms with Crippen LogP contribution in [-0.2, 0) is 30.5 Å². The van der Waals surface area contributed by atoms with E-state index < -0.39 is 24.8 Å². The first-order valence-corrected chi connectivity index (χ1v) is 28.8. The van der Waals surface area contributed by atoms with Crippen molar-refractivity contribution in [2.24, 2.45) is 0 Å². The van der Waals surface area contributed by atoms with Crippen LogP contribution in [0.5, 0.6) is 34.5 Å². The maximum Gasteiger partial charge on any atom is 1.00 e. The predicted molar refractivity (Wildman–Crippen MR) is 310 cm³/mol. The van der Waals surface area contributed by atoms with Gasteiger partial charge in [-0.3, -0.25) is 0 Å². The topological polar surface area (TPSA) is 107 Å². The number of rotatable bonds is 0. The molecule has 12 aromatic rings. The molecule has 0 unspecified atom stereocenters. The maximum atomic E-state index is 12.2. The molecule has 0 amide bonds. The van der Waals surface area contributed by atoms with Crippen LogP contribution in [0.4, 0.5) is 0 Å². The van der Waals surface area contributed by atoms with Crippen molar-refractivity contribution >= 4 is 89.4 Å². The molecule has 3 aliphatic heterocycles. The SMILES string of the molecule is C1CCCC1.O=[P+]1Oc2ccc3ccccc3c2-c2c(ccc3ccccc23)O1.O=[P+]1Oc2ccc3ccccc3c2-c2c(ccc3ccccc23)O1.O=[P+]1Oc2ccc3ccccc3c2-c2c(ccc3ccccc23)O1.[Co].[Na+]. The number of benzene rings is 12. The Hall–Kier alpha value is -7.19. The Morgan fingerprint density at radius 2 is 0.380 bits per heavy atom. The van der Waals surface area contributed by atoms with Gasteiger partial charge in [0.25, 0.3) is 0 Å². The minimum Gasteiger partial charge on any atom is -0.221 e. The summed E-state index contributed by atoms with van der Waals surface area (Å²) in [5.41, 5.74) is 5.59. The Kier molecular flexibility index (Phi) is 16.1. The van der Waals surface area contributed by atoms with E-state index in [1.165, 1.54) is 32.1 Å². The Bertz CT molecular complexity index is 3670. The first kappa shape index (κ1) is 53.8. The van der Waals surface area contributed by atoms with E-state index in [0.29, 0.717) is 34.5 Å². The second kappa shape index (κ2) is 23.6. The maximum absolute atomic E-state index is 12.2. The van der Waals surface area contributed by atoms with E-state index in [-0.39, 0.29) is 46.3 Å². The van der Waals surface area contributed by atoms with Gasteiger partial charge in [0.05, 0.1) is 0 Å². The van der Waals surface area contributed by atoms with Crippen LogP contribution >= 0.6 is 24.8 Å². The molecule has 0 atom stereocenters. The molecule has 4 aliphatic rings. The summed E-state index contributed by atoms with van der Waals surface area (Å²) in [7, 11) is -6.76. The summed E-state index contributed by atoms with van der Waals surface area (Å²) < 4.78 is 70.1. The van der Waals surface area contributed by atoms with Crippen molar-refractivity contribution in [3.8, 4) is 67.9 Å². The van der Waals surface area contributed by atoms with Gasteiger partial charge in [-0.2, -0.15) is 0 Å². The minimum absolute atomic E-state index is 0. The van der Waals surface area contributed by atoms with Crippen molar-refractivity contribution in [1.29, 1.82) is 0 Å². The van der Waals surface area contributed by atoms with Crippen LogP contribution in [0.15, 0.2) is 218 Å². The average molecular weight is 1150 g/mol. The van der Waals surface area contributed by atoms with Gasteiger partial charge in [-0.05, 0) is 101 Å². The van der Waals surface area contributed by atoms with Crippen LogP contribution in [0.1, 0.15) is 32.1 Å². The molecular weight excluding hydrogens is 1100 g/mol. The number of fused-ring (bicyclic) bond motifs is 21. The fourth-order valence-corrected chi connectivity index (χ4v) is 12.9. The van der Waals surface area contributed by atoms with E-state index in [4.69, 9.17) is 27.1 Å². The Morgan fingerprint density at radius 3 is 0.544 bits per heavy atom. The molecule has 0 saturated heterocycles. The molecule has 1 saturated carbocycles. The molecule has 1 aliphatic carbocycles. The summed E-state index contributed by atoms with van der Waals surface area (Å²) in [6, 6.07) is 71.8. The molecule has 12 aromatic carbocycles. The van der Waals surface area contributed by atoms with Crippen molar-refractivity contribution in [2.75, 3.05) is 0 Å². The quantitative estimate of drug-likeness (QED) is 0.108. The van der Waals surface area contributed by atoms with Crippen LogP contribution in [0.3, 0.4) is 0 Å². The molecule has 1 fully saturated rings. The molecule has 381 valence electrons. The van der Waals surface area contributed by atoms with Crippen molar-refractivity contribution in [1.82, 2.24) is 0 Å². The summed E-state index contributed by atoms with van der Waals surface area (Å²) in [5.74, 6) is 3.53. The third-order valence-corrected chi connectivity index (χ3v) is 16.5. The van der Waals surface area contributed by atoms with Crippen LogP contribution < -0.4 is 56.7 Å². The van der Waals surface area contributed by atoms with Gasteiger partial charge in [-0.25, -0.2) is 27.1 Å². The molecule has 9 nitrogen and oxygen atoms in total. The molecule has 0 aromatic heterocycles. The first-order chi connectivity index (χ1) is 37.9. The molecular formula is C65H46CoNaO9P3+4. The van der Waals surface area contributed by atoms with E-state index >= 15 is 0 Å². The normalized spacial score (nSPS) is 13.3. The number of hydrogen-bond donors (Lipinski definition) is 0. The zero-order chi connectivity index (χ0) is 51.8. The van der Waals surface area contributed by atoms with Crippen LogP contribution in [0.2, 0.25) is 0 Å². The summed E-state index contributed by atoms with van der Waals surface area (Å²) in [6.07, 6.45) is 7.50. The van der Waals surface area contributed by atoms with Crippen molar-refractivity contribution in [3.05, 3.63) is 218 Å². The van der Waals surface area contributed by atoms with Crippen LogP contribution in [0, 0.1) is 0 Å². The second-order valence-corrected chi connectivity index (χ2v) is 21.4. The second-order valence-electron chi connectivity index (χ2n) is 18.9. The molecule has 0 spiro atoms. The summed E-state index contributed by atoms with van der Waals surface area (Å²) >= 11 is 0. The zero-order valence-corrected chi connectivity index (χ0v) is 48.4. The van der Waals surface area contributed by atoms with Gasteiger partial charge in [0.15, 0.2) is 34.5 Å². The van der Waals surface area contributed by atoms with E-state index in [2.05, 4.69) is 72.8 Å². The van der Waals surface area contributed by atoms with Crippen molar-refractivity contribution in [2.45, 2.75) is 32.1 Å². The van der Waals surface area contributed by atoms with E-state index in [9.17, 15) is 13.7 Å². The Morgan fingerprint density at radius 1 is 0.228 bits per heavy atom. The number of hydrogen-bond acceptors (Lipinski definition) is 9. The van der Waals surface area contributed by atoms with Gasteiger partial charge in [0.2, 0.25) is 0 Å². The fourth-order valence-electron chi connectivity index (χ4n) is 10.9.